The van der Waals surface area contributed by atoms with Crippen molar-refractivity contribution in [2.75, 3.05) is 6.54 Å². The molecule has 1 aliphatic rings. The lowest BCUT2D eigenvalue weighted by molar-refractivity contribution is 0.0615. The molecule has 0 bridgehead atoms. The molecule has 1 saturated heterocycles. The van der Waals surface area contributed by atoms with E-state index >= 15 is 0 Å². The van der Waals surface area contributed by atoms with Crippen molar-refractivity contribution < 1.29 is 9.90 Å². The third-order valence-corrected chi connectivity index (χ3v) is 0.976. The largest absolute Gasteiger partial charge is 0.369 e. The van der Waals surface area contributed by atoms with E-state index in [2.05, 4.69) is 10.6 Å². The number of carbonyl (C=O) groups is 1. The van der Waals surface area contributed by atoms with Crippen LogP contribution in [0.5, 0.6) is 0 Å². The molecule has 0 aromatic rings. The molecular formula is C4H8N2O2. The van der Waals surface area contributed by atoms with Gasteiger partial charge in [-0.3, -0.25) is 0 Å². The first-order chi connectivity index (χ1) is 3.60. The van der Waals surface area contributed by atoms with Crippen LogP contribution >= 0.6 is 0 Å². The van der Waals surface area contributed by atoms with Gasteiger partial charge in [0.1, 0.15) is 0 Å². The van der Waals surface area contributed by atoms with Crippen molar-refractivity contribution in [1.82, 2.24) is 10.6 Å². The van der Waals surface area contributed by atoms with Gasteiger partial charge in [-0.05, 0) is 6.92 Å². The molecule has 3 N–H and O–H groups in total. The molecule has 0 radical (unpaired) electrons. The predicted octanol–water partition coefficient (Wildman–Crippen LogP) is -0.992. The number of nitrogens with one attached hydrogen (secondary N) is 2. The number of β-amino-alcohol motifs (C(OH)–C–C–N with tert-alkyl or cyclic N) is 1. The first kappa shape index (κ1) is 5.37. The molecule has 1 atom stereocenters. The van der Waals surface area contributed by atoms with Crippen molar-refractivity contribution in [2.24, 2.45) is 0 Å². The van der Waals surface area contributed by atoms with E-state index in [0.29, 0.717) is 0 Å². The fraction of sp³-hybridized carbons (Fsp3) is 0.750. The lowest BCUT2D eigenvalue weighted by Gasteiger charge is -2.11. The van der Waals surface area contributed by atoms with Crippen LogP contribution in [-0.4, -0.2) is 23.4 Å². The minimum atomic E-state index is -1.04. The Kier molecular flexibility index (Phi) is 0.907. The Hall–Kier alpha value is -0.770. The summed E-state index contributed by atoms with van der Waals surface area (Å²) in [5, 5.41) is 13.7. The molecule has 2 amide bonds. The summed E-state index contributed by atoms with van der Waals surface area (Å²) in [6, 6.07) is -0.310. The monoisotopic (exact) mass is 116 g/mol. The SMILES string of the molecule is CC1(O)CNC(=O)N1. The number of rotatable bonds is 0. The fourth-order valence-electron chi connectivity index (χ4n) is 0.585. The average molecular weight is 116 g/mol. The fourth-order valence-corrected chi connectivity index (χ4v) is 0.585. The average Bonchev–Trinajstić information content (AvgIpc) is 1.82. The van der Waals surface area contributed by atoms with Crippen LogP contribution in [0.3, 0.4) is 0 Å². The van der Waals surface area contributed by atoms with Crippen LogP contribution in [0.25, 0.3) is 0 Å². The van der Waals surface area contributed by atoms with Crippen LogP contribution in [0.15, 0.2) is 0 Å². The summed E-state index contributed by atoms with van der Waals surface area (Å²) in [4.78, 5) is 10.3. The maximum atomic E-state index is 10.3. The van der Waals surface area contributed by atoms with Gasteiger partial charge in [0.25, 0.3) is 0 Å². The van der Waals surface area contributed by atoms with Gasteiger partial charge < -0.3 is 15.7 Å². The highest BCUT2D eigenvalue weighted by atomic mass is 16.3. The molecule has 1 heterocycles. The van der Waals surface area contributed by atoms with Crippen molar-refractivity contribution in [3.8, 4) is 0 Å². The number of amides is 2. The van der Waals surface area contributed by atoms with Crippen molar-refractivity contribution in [3.05, 3.63) is 0 Å². The molecule has 46 valence electrons. The van der Waals surface area contributed by atoms with E-state index in [1.807, 2.05) is 0 Å². The van der Waals surface area contributed by atoms with E-state index in [1.165, 1.54) is 6.92 Å². The molecule has 4 heteroatoms. The molecular weight excluding hydrogens is 108 g/mol. The van der Waals surface area contributed by atoms with Crippen LogP contribution in [0.4, 0.5) is 4.79 Å². The van der Waals surface area contributed by atoms with Gasteiger partial charge in [-0.1, -0.05) is 0 Å². The van der Waals surface area contributed by atoms with Crippen molar-refractivity contribution >= 4 is 6.03 Å². The Balaban J connectivity index is 2.56. The van der Waals surface area contributed by atoms with E-state index in [-0.39, 0.29) is 12.6 Å². The highest BCUT2D eigenvalue weighted by Crippen LogP contribution is 1.99. The second kappa shape index (κ2) is 1.35. The quantitative estimate of drug-likeness (QED) is 0.380. The zero-order valence-corrected chi connectivity index (χ0v) is 4.56. The lowest BCUT2D eigenvalue weighted by atomic mass is 10.3. The van der Waals surface area contributed by atoms with Gasteiger partial charge in [0.15, 0.2) is 5.72 Å². The third-order valence-electron chi connectivity index (χ3n) is 0.976. The Morgan fingerprint density at radius 3 is 2.62 bits per heavy atom. The molecule has 4 nitrogen and oxygen atoms in total. The van der Waals surface area contributed by atoms with Gasteiger partial charge in [0, 0.05) is 0 Å². The molecule has 1 fully saturated rings. The molecule has 0 saturated carbocycles. The summed E-state index contributed by atoms with van der Waals surface area (Å²) >= 11 is 0. The van der Waals surface area contributed by atoms with E-state index in [4.69, 9.17) is 5.11 Å². The van der Waals surface area contributed by atoms with Gasteiger partial charge in [-0.15, -0.1) is 0 Å². The highest BCUT2D eigenvalue weighted by Gasteiger charge is 2.29. The van der Waals surface area contributed by atoms with Gasteiger partial charge >= 0.3 is 6.03 Å². The molecule has 1 unspecified atom stereocenters. The summed E-state index contributed by atoms with van der Waals surface area (Å²) in [5.41, 5.74) is -1.04. The second-order valence-electron chi connectivity index (χ2n) is 2.08. The summed E-state index contributed by atoms with van der Waals surface area (Å²) in [6.45, 7) is 1.82. The lowest BCUT2D eigenvalue weighted by Crippen LogP contribution is -2.39. The molecule has 0 aliphatic carbocycles. The van der Waals surface area contributed by atoms with E-state index < -0.39 is 5.72 Å². The van der Waals surface area contributed by atoms with Gasteiger partial charge in [0.05, 0.1) is 6.54 Å². The van der Waals surface area contributed by atoms with Gasteiger partial charge in [-0.25, -0.2) is 4.79 Å². The maximum Gasteiger partial charge on any atom is 0.317 e. The normalized spacial score (nSPS) is 36.5. The second-order valence-corrected chi connectivity index (χ2v) is 2.08. The number of hydrogen-bond acceptors (Lipinski definition) is 2. The first-order valence-electron chi connectivity index (χ1n) is 2.38. The molecule has 1 rings (SSSR count). The Morgan fingerprint density at radius 1 is 1.88 bits per heavy atom. The van der Waals surface area contributed by atoms with E-state index in [9.17, 15) is 4.79 Å². The minimum Gasteiger partial charge on any atom is -0.369 e. The predicted molar refractivity (Wildman–Crippen MR) is 27.2 cm³/mol. The van der Waals surface area contributed by atoms with Gasteiger partial charge in [0.2, 0.25) is 0 Å². The zero-order chi connectivity index (χ0) is 6.20. The standard InChI is InChI=1S/C4H8N2O2/c1-4(8)2-5-3(7)6-4/h8H,2H2,1H3,(H2,5,6,7). The van der Waals surface area contributed by atoms with Crippen LogP contribution in [0, 0.1) is 0 Å². The highest BCUT2D eigenvalue weighted by molar-refractivity contribution is 5.76. The minimum absolute atomic E-state index is 0.284. The van der Waals surface area contributed by atoms with Crippen molar-refractivity contribution in [3.63, 3.8) is 0 Å². The molecule has 8 heavy (non-hydrogen) atoms. The number of hydrogen-bond donors (Lipinski definition) is 3. The summed E-state index contributed by atoms with van der Waals surface area (Å²) in [6.07, 6.45) is 0. The smallest absolute Gasteiger partial charge is 0.317 e. The van der Waals surface area contributed by atoms with Crippen LogP contribution in [0.2, 0.25) is 0 Å². The number of urea groups is 1. The van der Waals surface area contributed by atoms with E-state index in [1.54, 1.807) is 0 Å². The topological polar surface area (TPSA) is 61.4 Å². The van der Waals surface area contributed by atoms with Crippen molar-refractivity contribution in [2.45, 2.75) is 12.6 Å². The summed E-state index contributed by atoms with van der Waals surface area (Å²) < 4.78 is 0. The Labute approximate surface area is 46.9 Å². The van der Waals surface area contributed by atoms with Crippen molar-refractivity contribution in [1.29, 1.82) is 0 Å². The third kappa shape index (κ3) is 0.894. The Bertz CT molecular complexity index is 121. The summed E-state index contributed by atoms with van der Waals surface area (Å²) in [7, 11) is 0. The molecule has 0 aromatic carbocycles. The molecule has 1 aliphatic heterocycles. The number of aliphatic hydroxyl groups is 1. The van der Waals surface area contributed by atoms with Crippen LogP contribution in [0.1, 0.15) is 6.92 Å². The molecule has 0 spiro atoms. The Morgan fingerprint density at radius 2 is 2.50 bits per heavy atom. The van der Waals surface area contributed by atoms with Gasteiger partial charge in [-0.2, -0.15) is 0 Å². The first-order valence-corrected chi connectivity index (χ1v) is 2.38. The van der Waals surface area contributed by atoms with E-state index in [0.717, 1.165) is 0 Å². The summed E-state index contributed by atoms with van der Waals surface area (Å²) in [5.74, 6) is 0. The zero-order valence-electron chi connectivity index (χ0n) is 4.56. The maximum absolute atomic E-state index is 10.3. The van der Waals surface area contributed by atoms with Crippen LogP contribution < -0.4 is 10.6 Å². The van der Waals surface area contributed by atoms with Crippen LogP contribution in [-0.2, 0) is 0 Å². The number of carbonyl (C=O) groups excluding carboxylic acids is 1. The molecule has 0 aromatic heterocycles.